The van der Waals surface area contributed by atoms with Crippen molar-refractivity contribution in [3.05, 3.63) is 35.9 Å². The molecule has 35 heavy (non-hydrogen) atoms. The molecule has 0 amide bonds. The number of aromatic nitrogens is 5. The Morgan fingerprint density at radius 2 is 1.94 bits per heavy atom. The lowest BCUT2D eigenvalue weighted by Gasteiger charge is -2.37. The quantitative estimate of drug-likeness (QED) is 0.286. The van der Waals surface area contributed by atoms with Crippen molar-refractivity contribution in [1.29, 1.82) is 0 Å². The molecule has 3 rings (SSSR count). The van der Waals surface area contributed by atoms with Crippen LogP contribution in [-0.2, 0) is 18.7 Å². The minimum Gasteiger partial charge on any atom is -0.466 e. The van der Waals surface area contributed by atoms with Crippen LogP contribution in [-0.4, -0.2) is 71.6 Å². The molecule has 0 saturated carbocycles. The number of rotatable bonds is 10. The maximum Gasteiger partial charge on any atom is 0.349 e. The molecule has 0 radical (unpaired) electrons. The number of fused-ring (bicyclic) bond motifs is 1. The standard InChI is InChI=1S/C23H32ClN5O5Si/c1-15(12-33-35(6,7)23(2,3)4)32-13-18(22(30)31-5)34-21-16-11-28-29(19(16)26-14-27-21)20-17(24)9-8-10-25-20/h8-11,14-15,18H,12-13H2,1-7H3/t15-,18+/m1/s1. The molecule has 0 spiro atoms. The number of methoxy groups -OCH3 is 1. The van der Waals surface area contributed by atoms with Crippen molar-refractivity contribution < 1.29 is 23.4 Å². The first-order valence-corrected chi connectivity index (χ1v) is 14.5. The van der Waals surface area contributed by atoms with Gasteiger partial charge in [0.2, 0.25) is 12.0 Å². The minimum absolute atomic E-state index is 0.0413. The van der Waals surface area contributed by atoms with E-state index < -0.39 is 20.4 Å². The third kappa shape index (κ3) is 6.34. The van der Waals surface area contributed by atoms with Gasteiger partial charge in [-0.1, -0.05) is 32.4 Å². The number of esters is 1. The van der Waals surface area contributed by atoms with Crippen molar-refractivity contribution in [3.8, 4) is 11.7 Å². The Bertz CT molecular complexity index is 1170. The molecule has 0 N–H and O–H groups in total. The van der Waals surface area contributed by atoms with Gasteiger partial charge in [0.15, 0.2) is 19.8 Å². The van der Waals surface area contributed by atoms with Gasteiger partial charge in [0.05, 0.1) is 37.6 Å². The van der Waals surface area contributed by atoms with E-state index in [-0.39, 0.29) is 23.6 Å². The van der Waals surface area contributed by atoms with Crippen molar-refractivity contribution in [3.63, 3.8) is 0 Å². The summed E-state index contributed by atoms with van der Waals surface area (Å²) in [6.07, 6.45) is 3.15. The Kier molecular flexibility index (Phi) is 8.47. The van der Waals surface area contributed by atoms with Crippen LogP contribution >= 0.6 is 11.6 Å². The summed E-state index contributed by atoms with van der Waals surface area (Å²) in [5.74, 6) is -0.0101. The van der Waals surface area contributed by atoms with Crippen LogP contribution in [0.4, 0.5) is 0 Å². The monoisotopic (exact) mass is 521 g/mol. The van der Waals surface area contributed by atoms with Gasteiger partial charge in [-0.2, -0.15) is 9.78 Å². The molecule has 0 aromatic carbocycles. The SMILES string of the molecule is COC(=O)[C@H](CO[C@H](C)CO[Si](C)(C)C(C)(C)C)Oc1ncnc2c1cnn2-c1ncccc1Cl. The average Bonchev–Trinajstić information content (AvgIpc) is 3.24. The molecular weight excluding hydrogens is 490 g/mol. The van der Waals surface area contributed by atoms with E-state index in [0.29, 0.717) is 28.5 Å². The lowest BCUT2D eigenvalue weighted by atomic mass is 10.2. The molecule has 0 fully saturated rings. The number of halogens is 1. The van der Waals surface area contributed by atoms with E-state index >= 15 is 0 Å². The van der Waals surface area contributed by atoms with Gasteiger partial charge in [0.1, 0.15) is 11.7 Å². The number of carbonyl (C=O) groups excluding carboxylic acids is 1. The van der Waals surface area contributed by atoms with E-state index in [1.807, 2.05) is 6.92 Å². The second-order valence-corrected chi connectivity index (χ2v) is 14.8. The van der Waals surface area contributed by atoms with E-state index in [1.54, 1.807) is 18.3 Å². The molecular formula is C23H32ClN5O5Si. The van der Waals surface area contributed by atoms with E-state index in [1.165, 1.54) is 24.3 Å². The lowest BCUT2D eigenvalue weighted by Crippen LogP contribution is -2.43. The topological polar surface area (TPSA) is 110 Å². The minimum atomic E-state index is -1.92. The fourth-order valence-corrected chi connectivity index (χ4v) is 4.15. The summed E-state index contributed by atoms with van der Waals surface area (Å²) in [6.45, 7) is 13.2. The number of ether oxygens (including phenoxy) is 3. The molecule has 190 valence electrons. The molecule has 2 atom stereocenters. The summed E-state index contributed by atoms with van der Waals surface area (Å²) < 4.78 is 24.4. The maximum atomic E-state index is 12.4. The van der Waals surface area contributed by atoms with Gasteiger partial charge in [-0.25, -0.2) is 19.7 Å². The van der Waals surface area contributed by atoms with Crippen molar-refractivity contribution in [2.75, 3.05) is 20.3 Å². The summed E-state index contributed by atoms with van der Waals surface area (Å²) >= 11 is 6.27. The summed E-state index contributed by atoms with van der Waals surface area (Å²) in [4.78, 5) is 25.2. The summed E-state index contributed by atoms with van der Waals surface area (Å²) in [6, 6.07) is 3.43. The number of pyridine rings is 1. The van der Waals surface area contributed by atoms with E-state index in [4.69, 9.17) is 30.2 Å². The van der Waals surface area contributed by atoms with Crippen molar-refractivity contribution in [1.82, 2.24) is 24.7 Å². The predicted octanol–water partition coefficient (Wildman–Crippen LogP) is 4.21. The third-order valence-electron chi connectivity index (χ3n) is 6.00. The van der Waals surface area contributed by atoms with Crippen LogP contribution in [0.25, 0.3) is 16.9 Å². The van der Waals surface area contributed by atoms with Gasteiger partial charge in [-0.3, -0.25) is 0 Å². The zero-order chi connectivity index (χ0) is 25.8. The molecule has 3 aromatic heterocycles. The highest BCUT2D eigenvalue weighted by Gasteiger charge is 2.37. The lowest BCUT2D eigenvalue weighted by molar-refractivity contribution is -0.153. The molecule has 0 aliphatic carbocycles. The molecule has 3 aromatic rings. The summed E-state index contributed by atoms with van der Waals surface area (Å²) in [7, 11) is -0.626. The molecule has 0 unspecified atom stereocenters. The van der Waals surface area contributed by atoms with Gasteiger partial charge >= 0.3 is 5.97 Å². The van der Waals surface area contributed by atoms with Gasteiger partial charge in [0.25, 0.3) is 0 Å². The second kappa shape index (κ2) is 11.0. The Labute approximate surface area is 211 Å². The van der Waals surface area contributed by atoms with E-state index in [9.17, 15) is 4.79 Å². The molecule has 0 bridgehead atoms. The highest BCUT2D eigenvalue weighted by Crippen LogP contribution is 2.36. The van der Waals surface area contributed by atoms with Crippen LogP contribution in [0.2, 0.25) is 23.2 Å². The third-order valence-corrected chi connectivity index (χ3v) is 10.8. The Balaban J connectivity index is 1.74. The predicted molar refractivity (Wildman–Crippen MR) is 134 cm³/mol. The molecule has 10 nitrogen and oxygen atoms in total. The fraction of sp³-hybridized carbons (Fsp3) is 0.522. The Hall–Kier alpha value is -2.60. The molecule has 0 aliphatic heterocycles. The first kappa shape index (κ1) is 27.0. The molecule has 0 saturated heterocycles. The highest BCUT2D eigenvalue weighted by atomic mass is 35.5. The van der Waals surface area contributed by atoms with Crippen LogP contribution < -0.4 is 4.74 Å². The molecule has 3 heterocycles. The number of hydrogen-bond donors (Lipinski definition) is 0. The van der Waals surface area contributed by atoms with Crippen molar-refractivity contribution in [2.45, 2.75) is 58.0 Å². The molecule has 0 aliphatic rings. The zero-order valence-electron chi connectivity index (χ0n) is 21.1. The van der Waals surface area contributed by atoms with Crippen molar-refractivity contribution in [2.24, 2.45) is 0 Å². The smallest absolute Gasteiger partial charge is 0.349 e. The van der Waals surface area contributed by atoms with Crippen LogP contribution in [0.1, 0.15) is 27.7 Å². The normalized spacial score (nSPS) is 14.1. The number of nitrogens with zero attached hydrogens (tertiary/aromatic N) is 5. The van der Waals surface area contributed by atoms with Gasteiger partial charge in [-0.05, 0) is 37.2 Å². The van der Waals surface area contributed by atoms with Crippen LogP contribution in [0.15, 0.2) is 30.9 Å². The van der Waals surface area contributed by atoms with Crippen molar-refractivity contribution >= 4 is 36.9 Å². The van der Waals surface area contributed by atoms with Crippen LogP contribution in [0, 0.1) is 0 Å². The first-order chi connectivity index (χ1) is 16.4. The van der Waals surface area contributed by atoms with Gasteiger partial charge in [0, 0.05) is 6.20 Å². The largest absolute Gasteiger partial charge is 0.466 e. The van der Waals surface area contributed by atoms with E-state index in [2.05, 4.69) is 53.9 Å². The van der Waals surface area contributed by atoms with E-state index in [0.717, 1.165) is 0 Å². The molecule has 12 heteroatoms. The number of carbonyl (C=O) groups is 1. The average molecular weight is 522 g/mol. The zero-order valence-corrected chi connectivity index (χ0v) is 22.9. The second-order valence-electron chi connectivity index (χ2n) is 9.63. The highest BCUT2D eigenvalue weighted by molar-refractivity contribution is 6.74. The Morgan fingerprint density at radius 1 is 1.20 bits per heavy atom. The van der Waals surface area contributed by atoms with Crippen LogP contribution in [0.5, 0.6) is 5.88 Å². The van der Waals surface area contributed by atoms with Gasteiger partial charge in [-0.15, -0.1) is 0 Å². The fourth-order valence-electron chi connectivity index (χ4n) is 2.86. The first-order valence-electron chi connectivity index (χ1n) is 11.2. The maximum absolute atomic E-state index is 12.4. The van der Waals surface area contributed by atoms with Gasteiger partial charge < -0.3 is 18.6 Å². The number of hydrogen-bond acceptors (Lipinski definition) is 9. The van der Waals surface area contributed by atoms with Crippen LogP contribution in [0.3, 0.4) is 0 Å². The Morgan fingerprint density at radius 3 is 2.60 bits per heavy atom. The summed E-state index contributed by atoms with van der Waals surface area (Å²) in [5, 5.41) is 5.31. The summed E-state index contributed by atoms with van der Waals surface area (Å²) in [5.41, 5.74) is 0.427.